The van der Waals surface area contributed by atoms with E-state index in [1.54, 1.807) is 12.4 Å². The third-order valence-electron chi connectivity index (χ3n) is 3.84. The zero-order valence-corrected chi connectivity index (χ0v) is 16.9. The first kappa shape index (κ1) is 19.0. The molecule has 2 N–H and O–H groups in total. The van der Waals surface area contributed by atoms with Gasteiger partial charge in [0.05, 0.1) is 11.9 Å². The molecule has 4 rings (SSSR count). The average molecular weight is 472 g/mol. The van der Waals surface area contributed by atoms with E-state index in [-0.39, 0.29) is 10.6 Å². The molecule has 3 aromatic heterocycles. The van der Waals surface area contributed by atoms with E-state index in [4.69, 9.17) is 0 Å². The van der Waals surface area contributed by atoms with E-state index in [1.165, 1.54) is 30.6 Å². The second kappa shape index (κ2) is 7.62. The molecule has 0 unspecified atom stereocenters. The summed E-state index contributed by atoms with van der Waals surface area (Å²) in [4.78, 5) is 7.92. The molecule has 0 fully saturated rings. The van der Waals surface area contributed by atoms with Gasteiger partial charge in [-0.2, -0.15) is 5.10 Å². The molecule has 0 amide bonds. The lowest BCUT2D eigenvalue weighted by molar-refractivity contribution is 0.598. The molecule has 3 heterocycles. The van der Waals surface area contributed by atoms with Gasteiger partial charge in [-0.1, -0.05) is 11.8 Å². The highest BCUT2D eigenvalue weighted by Gasteiger charge is 2.17. The Hall–Kier alpha value is -3.29. The lowest BCUT2D eigenvalue weighted by Gasteiger charge is -2.09. The first-order valence-corrected chi connectivity index (χ1v) is 10.4. The van der Waals surface area contributed by atoms with E-state index in [9.17, 15) is 12.8 Å². The highest BCUT2D eigenvalue weighted by Crippen LogP contribution is 2.22. The summed E-state index contributed by atoms with van der Waals surface area (Å²) < 4.78 is 41.9. The van der Waals surface area contributed by atoms with E-state index in [0.717, 1.165) is 11.5 Å². The number of rotatable bonds is 3. The summed E-state index contributed by atoms with van der Waals surface area (Å²) in [6.07, 6.45) is 5.84. The summed E-state index contributed by atoms with van der Waals surface area (Å²) in [5.74, 6) is 5.08. The summed E-state index contributed by atoms with van der Waals surface area (Å²) in [7, 11) is -4.01. The van der Waals surface area contributed by atoms with Crippen LogP contribution in [0.3, 0.4) is 0 Å². The van der Waals surface area contributed by atoms with Crippen molar-refractivity contribution >= 4 is 42.7 Å². The van der Waals surface area contributed by atoms with Gasteiger partial charge in [0.15, 0.2) is 5.65 Å². The molecule has 0 radical (unpaired) electrons. The molecule has 10 heteroatoms. The molecule has 0 aliphatic carbocycles. The molecule has 0 saturated heterocycles. The van der Waals surface area contributed by atoms with Crippen molar-refractivity contribution in [1.29, 1.82) is 0 Å². The number of anilines is 1. The number of hydrogen-bond acceptors (Lipinski definition) is 5. The van der Waals surface area contributed by atoms with E-state index in [2.05, 4.69) is 52.7 Å². The summed E-state index contributed by atoms with van der Waals surface area (Å²) >= 11 is 3.16. The van der Waals surface area contributed by atoms with Crippen LogP contribution in [0, 0.1) is 17.7 Å². The number of pyridine rings is 2. The molecular formula is C19H11BrFN5O2S. The van der Waals surface area contributed by atoms with Gasteiger partial charge in [0.25, 0.3) is 10.0 Å². The number of nitrogens with one attached hydrogen (secondary N) is 2. The molecule has 0 saturated carbocycles. The molecule has 7 nitrogen and oxygen atoms in total. The number of halogens is 2. The Kier molecular flexibility index (Phi) is 5.00. The molecule has 0 aliphatic rings. The Bertz CT molecular complexity index is 1390. The quantitative estimate of drug-likeness (QED) is 0.445. The molecular weight excluding hydrogens is 461 g/mol. The number of H-pyrrole nitrogens is 1. The van der Waals surface area contributed by atoms with Gasteiger partial charge in [-0.3, -0.25) is 14.8 Å². The van der Waals surface area contributed by atoms with Crippen molar-refractivity contribution in [3.8, 4) is 11.8 Å². The van der Waals surface area contributed by atoms with Gasteiger partial charge in [0.2, 0.25) is 0 Å². The third-order valence-corrected chi connectivity index (χ3v) is 5.61. The lowest BCUT2D eigenvalue weighted by Crippen LogP contribution is -2.14. The fraction of sp³-hybridized carbons (Fsp3) is 0. The minimum Gasteiger partial charge on any atom is -0.277 e. The summed E-state index contributed by atoms with van der Waals surface area (Å²) in [6, 6.07) is 7.13. The van der Waals surface area contributed by atoms with Gasteiger partial charge in [-0.25, -0.2) is 17.8 Å². The maximum Gasteiger partial charge on any atom is 0.263 e. The van der Waals surface area contributed by atoms with Crippen LogP contribution in [0.25, 0.3) is 11.0 Å². The van der Waals surface area contributed by atoms with Crippen LogP contribution in [0.15, 0.2) is 64.5 Å². The van der Waals surface area contributed by atoms with Crippen molar-refractivity contribution in [2.75, 3.05) is 4.72 Å². The molecule has 29 heavy (non-hydrogen) atoms. The summed E-state index contributed by atoms with van der Waals surface area (Å²) in [6.45, 7) is 0. The predicted octanol–water partition coefficient (Wildman–Crippen LogP) is 3.46. The van der Waals surface area contributed by atoms with Crippen LogP contribution in [-0.2, 0) is 10.0 Å². The number of aromatic nitrogens is 4. The topological polar surface area (TPSA) is 101 Å². The maximum absolute atomic E-state index is 14.2. The Morgan fingerprint density at radius 3 is 2.69 bits per heavy atom. The van der Waals surface area contributed by atoms with Crippen molar-refractivity contribution < 1.29 is 12.8 Å². The van der Waals surface area contributed by atoms with Crippen LogP contribution in [0.1, 0.15) is 11.1 Å². The Morgan fingerprint density at radius 2 is 1.86 bits per heavy atom. The number of aromatic amines is 1. The number of sulfonamides is 1. The van der Waals surface area contributed by atoms with E-state index < -0.39 is 15.8 Å². The zero-order valence-electron chi connectivity index (χ0n) is 14.5. The van der Waals surface area contributed by atoms with Gasteiger partial charge >= 0.3 is 0 Å². The van der Waals surface area contributed by atoms with Gasteiger partial charge in [-0.05, 0) is 46.3 Å². The van der Waals surface area contributed by atoms with Gasteiger partial charge in [0.1, 0.15) is 10.7 Å². The number of fused-ring (bicyclic) bond motifs is 1. The second-order valence-electron chi connectivity index (χ2n) is 5.92. The van der Waals surface area contributed by atoms with E-state index in [1.807, 2.05) is 6.07 Å². The van der Waals surface area contributed by atoms with Crippen molar-refractivity contribution in [3.05, 3.63) is 76.5 Å². The molecule has 144 valence electrons. The van der Waals surface area contributed by atoms with E-state index >= 15 is 0 Å². The van der Waals surface area contributed by atoms with Crippen LogP contribution in [0.2, 0.25) is 0 Å². The number of nitrogens with zero attached hydrogens (tertiary/aromatic N) is 3. The highest BCUT2D eigenvalue weighted by molar-refractivity contribution is 9.10. The zero-order chi connectivity index (χ0) is 20.4. The molecule has 1 aromatic carbocycles. The van der Waals surface area contributed by atoms with Crippen LogP contribution in [0.5, 0.6) is 0 Å². The van der Waals surface area contributed by atoms with Crippen molar-refractivity contribution in [2.45, 2.75) is 4.90 Å². The SMILES string of the molecule is O=S(=O)(Nc1cc(C#Cc2cnc3[nH]ncc3c2)ccc1F)c1cncc(Br)c1. The molecule has 0 aliphatic heterocycles. The van der Waals surface area contributed by atoms with Crippen LogP contribution in [0.4, 0.5) is 10.1 Å². The third kappa shape index (κ3) is 4.26. The van der Waals surface area contributed by atoms with Crippen molar-refractivity contribution in [1.82, 2.24) is 20.2 Å². The second-order valence-corrected chi connectivity index (χ2v) is 8.52. The average Bonchev–Trinajstić information content (AvgIpc) is 3.16. The molecule has 0 spiro atoms. The standard InChI is InChI=1S/C19H11BrFN5O2S/c20-15-7-16(11-22-10-15)29(27,28)26-18-6-12(3-4-17(18)21)1-2-13-5-14-9-24-25-19(14)23-8-13/h3-11,26H,(H,23,24,25). The number of hydrogen-bond donors (Lipinski definition) is 2. The Balaban J connectivity index is 1.63. The summed E-state index contributed by atoms with van der Waals surface area (Å²) in [5.41, 5.74) is 1.52. The van der Waals surface area contributed by atoms with E-state index in [0.29, 0.717) is 21.2 Å². The highest BCUT2D eigenvalue weighted by atomic mass is 79.9. The van der Waals surface area contributed by atoms with Crippen LogP contribution >= 0.6 is 15.9 Å². The van der Waals surface area contributed by atoms with Crippen molar-refractivity contribution in [3.63, 3.8) is 0 Å². The van der Waals surface area contributed by atoms with Gasteiger partial charge in [-0.15, -0.1) is 0 Å². The Labute approximate surface area is 173 Å². The Morgan fingerprint density at radius 1 is 1.03 bits per heavy atom. The smallest absolute Gasteiger partial charge is 0.263 e. The maximum atomic E-state index is 14.2. The first-order chi connectivity index (χ1) is 13.9. The van der Waals surface area contributed by atoms with Gasteiger partial charge in [0, 0.05) is 39.6 Å². The molecule has 0 bridgehead atoms. The molecule has 4 aromatic rings. The predicted molar refractivity (Wildman–Crippen MR) is 109 cm³/mol. The minimum absolute atomic E-state index is 0.0951. The largest absolute Gasteiger partial charge is 0.277 e. The minimum atomic E-state index is -4.01. The van der Waals surface area contributed by atoms with Crippen LogP contribution in [-0.4, -0.2) is 28.6 Å². The normalized spacial score (nSPS) is 11.1. The van der Waals surface area contributed by atoms with Crippen molar-refractivity contribution in [2.24, 2.45) is 0 Å². The summed E-state index contributed by atoms with van der Waals surface area (Å²) in [5, 5.41) is 7.46. The fourth-order valence-electron chi connectivity index (χ4n) is 2.47. The van der Waals surface area contributed by atoms with Gasteiger partial charge < -0.3 is 0 Å². The monoisotopic (exact) mass is 471 g/mol. The lowest BCUT2D eigenvalue weighted by atomic mass is 10.1. The fourth-order valence-corrected chi connectivity index (χ4v) is 4.04. The van der Waals surface area contributed by atoms with Crippen LogP contribution < -0.4 is 4.72 Å². The number of benzene rings is 1. The molecule has 0 atom stereocenters. The first-order valence-electron chi connectivity index (χ1n) is 8.15.